The van der Waals surface area contributed by atoms with Crippen LogP contribution in [0.4, 0.5) is 0 Å². The van der Waals surface area contributed by atoms with E-state index >= 15 is 0 Å². The van der Waals surface area contributed by atoms with Crippen LogP contribution in [0.3, 0.4) is 0 Å². The molecule has 20 heavy (non-hydrogen) atoms. The largest absolute Gasteiger partial charge is 0.396 e. The van der Waals surface area contributed by atoms with Gasteiger partial charge in [0.25, 0.3) is 0 Å². The van der Waals surface area contributed by atoms with Gasteiger partial charge in [0, 0.05) is 16.7 Å². The van der Waals surface area contributed by atoms with Gasteiger partial charge in [-0.05, 0) is 12.8 Å². The zero-order chi connectivity index (χ0) is 16.1. The van der Waals surface area contributed by atoms with Crippen molar-refractivity contribution < 1.29 is 20.4 Å². The smallest absolute Gasteiger partial charge is 0.0688 e. The number of aliphatic hydroxyl groups excluding tert-OH is 4. The van der Waals surface area contributed by atoms with Gasteiger partial charge in [-0.1, -0.05) is 48.0 Å². The van der Waals surface area contributed by atoms with E-state index in [1.165, 1.54) is 0 Å². The van der Waals surface area contributed by atoms with Crippen LogP contribution >= 0.6 is 0 Å². The van der Waals surface area contributed by atoms with Crippen molar-refractivity contribution in [2.75, 3.05) is 6.61 Å². The predicted molar refractivity (Wildman–Crippen MR) is 81.4 cm³/mol. The molecule has 0 aromatic carbocycles. The highest BCUT2D eigenvalue weighted by molar-refractivity contribution is 4.96. The van der Waals surface area contributed by atoms with Crippen LogP contribution in [-0.4, -0.2) is 45.3 Å². The van der Waals surface area contributed by atoms with Gasteiger partial charge >= 0.3 is 0 Å². The van der Waals surface area contributed by atoms with Gasteiger partial charge in [-0.2, -0.15) is 0 Å². The number of hydrogen-bond acceptors (Lipinski definition) is 4. The van der Waals surface area contributed by atoms with Gasteiger partial charge in [-0.25, -0.2) is 0 Å². The van der Waals surface area contributed by atoms with Crippen LogP contribution in [0, 0.1) is 16.7 Å². The Hall–Kier alpha value is -0.160. The van der Waals surface area contributed by atoms with Crippen molar-refractivity contribution in [3.05, 3.63) is 0 Å². The Morgan fingerprint density at radius 3 is 1.80 bits per heavy atom. The minimum absolute atomic E-state index is 0.154. The Labute approximate surface area is 123 Å². The highest BCUT2D eigenvalue weighted by atomic mass is 16.3. The molecule has 4 nitrogen and oxygen atoms in total. The maximum Gasteiger partial charge on any atom is 0.0688 e. The van der Waals surface area contributed by atoms with Gasteiger partial charge in [0.1, 0.15) is 0 Å². The number of hydrogen-bond donors (Lipinski definition) is 4. The Balaban J connectivity index is 5.16. The maximum atomic E-state index is 10.7. The molecule has 0 radical (unpaired) electrons. The minimum atomic E-state index is -0.863. The SMILES string of the molecule is CCCC(O)C(CC)C(O)C(C)(C)C(O)C(C)(C)CO. The van der Waals surface area contributed by atoms with E-state index in [0.29, 0.717) is 12.8 Å². The Bertz CT molecular complexity index is 276. The highest BCUT2D eigenvalue weighted by Crippen LogP contribution is 2.40. The fraction of sp³-hybridized carbons (Fsp3) is 1.00. The molecule has 0 spiro atoms. The van der Waals surface area contributed by atoms with E-state index < -0.39 is 29.1 Å². The molecular weight excluding hydrogens is 256 g/mol. The fourth-order valence-electron chi connectivity index (χ4n) is 3.02. The zero-order valence-electron chi connectivity index (χ0n) is 13.9. The first-order valence-electron chi connectivity index (χ1n) is 7.71. The number of aliphatic hydroxyl groups is 4. The molecule has 4 heteroatoms. The van der Waals surface area contributed by atoms with Crippen LogP contribution in [0.5, 0.6) is 0 Å². The van der Waals surface area contributed by atoms with E-state index in [2.05, 4.69) is 0 Å². The lowest BCUT2D eigenvalue weighted by atomic mass is 9.65. The van der Waals surface area contributed by atoms with Crippen LogP contribution in [0.1, 0.15) is 60.8 Å². The van der Waals surface area contributed by atoms with Crippen molar-refractivity contribution in [1.82, 2.24) is 0 Å². The molecule has 0 bridgehead atoms. The van der Waals surface area contributed by atoms with Gasteiger partial charge in [0.15, 0.2) is 0 Å². The van der Waals surface area contributed by atoms with Crippen molar-refractivity contribution >= 4 is 0 Å². The van der Waals surface area contributed by atoms with Crippen molar-refractivity contribution in [3.63, 3.8) is 0 Å². The van der Waals surface area contributed by atoms with E-state index in [0.717, 1.165) is 6.42 Å². The van der Waals surface area contributed by atoms with Crippen LogP contribution in [-0.2, 0) is 0 Å². The lowest BCUT2D eigenvalue weighted by Crippen LogP contribution is -2.53. The first-order chi connectivity index (χ1) is 9.06. The third-order valence-electron chi connectivity index (χ3n) is 4.57. The summed E-state index contributed by atoms with van der Waals surface area (Å²) in [4.78, 5) is 0. The molecule has 0 aromatic rings. The van der Waals surface area contributed by atoms with Gasteiger partial charge in [-0.3, -0.25) is 0 Å². The molecule has 0 saturated carbocycles. The first-order valence-corrected chi connectivity index (χ1v) is 7.71. The molecule has 4 atom stereocenters. The van der Waals surface area contributed by atoms with Gasteiger partial charge < -0.3 is 20.4 Å². The van der Waals surface area contributed by atoms with Crippen LogP contribution < -0.4 is 0 Å². The second-order valence-electron chi connectivity index (χ2n) is 7.24. The third-order valence-corrected chi connectivity index (χ3v) is 4.57. The van der Waals surface area contributed by atoms with Crippen molar-refractivity contribution in [2.24, 2.45) is 16.7 Å². The van der Waals surface area contributed by atoms with Gasteiger partial charge in [0.2, 0.25) is 0 Å². The minimum Gasteiger partial charge on any atom is -0.396 e. The molecule has 4 N–H and O–H groups in total. The summed E-state index contributed by atoms with van der Waals surface area (Å²) < 4.78 is 0. The van der Waals surface area contributed by atoms with E-state index in [-0.39, 0.29) is 12.5 Å². The topological polar surface area (TPSA) is 80.9 Å². The molecule has 4 unspecified atom stereocenters. The van der Waals surface area contributed by atoms with Crippen LogP contribution in [0.25, 0.3) is 0 Å². The fourth-order valence-corrected chi connectivity index (χ4v) is 3.02. The Morgan fingerprint density at radius 1 is 0.950 bits per heavy atom. The second kappa shape index (κ2) is 7.74. The second-order valence-corrected chi connectivity index (χ2v) is 7.24. The van der Waals surface area contributed by atoms with Gasteiger partial charge in [-0.15, -0.1) is 0 Å². The Morgan fingerprint density at radius 2 is 1.45 bits per heavy atom. The van der Waals surface area contributed by atoms with Crippen molar-refractivity contribution in [3.8, 4) is 0 Å². The van der Waals surface area contributed by atoms with Crippen LogP contribution in [0.2, 0.25) is 0 Å². The summed E-state index contributed by atoms with van der Waals surface area (Å²) in [6.45, 7) is 10.9. The number of rotatable bonds is 9. The van der Waals surface area contributed by atoms with Crippen molar-refractivity contribution in [2.45, 2.75) is 79.1 Å². The molecular formula is C16H34O4. The molecule has 0 amide bonds. The monoisotopic (exact) mass is 290 g/mol. The van der Waals surface area contributed by atoms with E-state index in [4.69, 9.17) is 0 Å². The van der Waals surface area contributed by atoms with E-state index in [1.54, 1.807) is 27.7 Å². The summed E-state index contributed by atoms with van der Waals surface area (Å²) in [6, 6.07) is 0. The van der Waals surface area contributed by atoms with E-state index in [9.17, 15) is 20.4 Å². The molecule has 0 aliphatic carbocycles. The standard InChI is InChI=1S/C16H34O4/c1-7-9-12(18)11(8-2)13(19)16(5,6)14(20)15(3,4)10-17/h11-14,17-20H,7-10H2,1-6H3. The molecule has 122 valence electrons. The summed E-state index contributed by atoms with van der Waals surface area (Å²) in [6.07, 6.45) is -0.102. The summed E-state index contributed by atoms with van der Waals surface area (Å²) in [7, 11) is 0. The van der Waals surface area contributed by atoms with Crippen molar-refractivity contribution in [1.29, 1.82) is 0 Å². The Kier molecular flexibility index (Phi) is 7.67. The molecule has 0 aliphatic rings. The summed E-state index contributed by atoms with van der Waals surface area (Å²) in [5.74, 6) is -0.269. The molecule has 0 saturated heterocycles. The molecule has 0 aromatic heterocycles. The lowest BCUT2D eigenvalue weighted by Gasteiger charge is -2.46. The summed E-state index contributed by atoms with van der Waals surface area (Å²) in [5, 5.41) is 40.8. The average molecular weight is 290 g/mol. The molecule has 0 heterocycles. The zero-order valence-corrected chi connectivity index (χ0v) is 13.9. The summed E-state index contributed by atoms with van der Waals surface area (Å²) >= 11 is 0. The quantitative estimate of drug-likeness (QED) is 0.523. The lowest BCUT2D eigenvalue weighted by molar-refractivity contribution is -0.143. The maximum absolute atomic E-state index is 10.7. The highest BCUT2D eigenvalue weighted by Gasteiger charge is 2.46. The van der Waals surface area contributed by atoms with Crippen LogP contribution in [0.15, 0.2) is 0 Å². The average Bonchev–Trinajstić information content (AvgIpc) is 2.38. The van der Waals surface area contributed by atoms with Gasteiger partial charge in [0.05, 0.1) is 24.9 Å². The third kappa shape index (κ3) is 4.42. The molecule has 0 fully saturated rings. The van der Waals surface area contributed by atoms with E-state index in [1.807, 2.05) is 13.8 Å². The normalized spacial score (nSPS) is 19.5. The molecule has 0 rings (SSSR count). The predicted octanol–water partition coefficient (Wildman–Crippen LogP) is 1.94. The first kappa shape index (κ1) is 19.8. The summed E-state index contributed by atoms with van der Waals surface area (Å²) in [5.41, 5.74) is -1.50. The molecule has 0 aliphatic heterocycles.